The van der Waals surface area contributed by atoms with Gasteiger partial charge >= 0.3 is 5.97 Å². The zero-order valence-electron chi connectivity index (χ0n) is 11.1. The molecule has 3 heteroatoms. The average molecular weight is 247 g/mol. The van der Waals surface area contributed by atoms with E-state index < -0.39 is 11.4 Å². The Kier molecular flexibility index (Phi) is 3.71. The van der Waals surface area contributed by atoms with E-state index in [0.29, 0.717) is 6.54 Å². The van der Waals surface area contributed by atoms with Gasteiger partial charge in [0.2, 0.25) is 0 Å². The van der Waals surface area contributed by atoms with Crippen molar-refractivity contribution in [2.24, 2.45) is 5.41 Å². The number of carboxylic acid groups (broad SMARTS) is 1. The Balaban J connectivity index is 1.90. The Morgan fingerprint density at radius 2 is 2.11 bits per heavy atom. The first-order valence-corrected chi connectivity index (χ1v) is 6.54. The molecular weight excluding hydrogens is 226 g/mol. The molecule has 1 aliphatic carbocycles. The second-order valence-corrected chi connectivity index (χ2v) is 5.47. The van der Waals surface area contributed by atoms with Crippen LogP contribution in [0.3, 0.4) is 0 Å². The van der Waals surface area contributed by atoms with Crippen molar-refractivity contribution in [2.75, 3.05) is 6.54 Å². The quantitative estimate of drug-likeness (QED) is 0.841. The number of carboxylic acids is 1. The highest BCUT2D eigenvalue weighted by molar-refractivity contribution is 5.76. The maximum absolute atomic E-state index is 11.2. The molecule has 1 saturated carbocycles. The highest BCUT2D eigenvalue weighted by Crippen LogP contribution is 2.40. The minimum Gasteiger partial charge on any atom is -0.481 e. The van der Waals surface area contributed by atoms with Crippen LogP contribution in [0.15, 0.2) is 18.2 Å². The summed E-state index contributed by atoms with van der Waals surface area (Å²) in [6, 6.07) is 6.37. The topological polar surface area (TPSA) is 49.3 Å². The molecule has 1 aliphatic rings. The van der Waals surface area contributed by atoms with Crippen LogP contribution in [0, 0.1) is 19.3 Å². The maximum atomic E-state index is 11.2. The highest BCUT2D eigenvalue weighted by atomic mass is 16.4. The van der Waals surface area contributed by atoms with E-state index in [1.807, 2.05) is 0 Å². The fraction of sp³-hybridized carbons (Fsp3) is 0.533. The van der Waals surface area contributed by atoms with Crippen LogP contribution >= 0.6 is 0 Å². The third kappa shape index (κ3) is 2.56. The minimum atomic E-state index is -0.651. The summed E-state index contributed by atoms with van der Waals surface area (Å²) >= 11 is 0. The van der Waals surface area contributed by atoms with E-state index in [4.69, 9.17) is 0 Å². The SMILES string of the molecule is Cc1ccc(CNCC2(C(=O)O)CCC2)c(C)c1. The monoisotopic (exact) mass is 247 g/mol. The van der Waals surface area contributed by atoms with Crippen molar-refractivity contribution in [2.45, 2.75) is 39.7 Å². The molecule has 1 aromatic rings. The normalized spacial score (nSPS) is 17.2. The summed E-state index contributed by atoms with van der Waals surface area (Å²) in [6.45, 7) is 5.51. The molecule has 2 rings (SSSR count). The molecule has 0 unspecified atom stereocenters. The van der Waals surface area contributed by atoms with Gasteiger partial charge in [-0.2, -0.15) is 0 Å². The van der Waals surface area contributed by atoms with Gasteiger partial charge in [0.25, 0.3) is 0 Å². The minimum absolute atomic E-state index is 0.501. The fourth-order valence-electron chi connectivity index (χ4n) is 2.55. The average Bonchev–Trinajstić information content (AvgIpc) is 2.24. The predicted molar refractivity (Wildman–Crippen MR) is 71.5 cm³/mol. The van der Waals surface area contributed by atoms with E-state index in [0.717, 1.165) is 25.8 Å². The molecule has 0 atom stereocenters. The number of rotatable bonds is 5. The van der Waals surface area contributed by atoms with E-state index in [1.165, 1.54) is 16.7 Å². The van der Waals surface area contributed by atoms with Crippen LogP contribution in [0.25, 0.3) is 0 Å². The molecule has 0 radical (unpaired) electrons. The number of nitrogens with one attached hydrogen (secondary N) is 1. The summed E-state index contributed by atoms with van der Waals surface area (Å²) in [7, 11) is 0. The first kappa shape index (κ1) is 13.1. The van der Waals surface area contributed by atoms with E-state index in [9.17, 15) is 9.90 Å². The van der Waals surface area contributed by atoms with E-state index in [2.05, 4.69) is 37.4 Å². The van der Waals surface area contributed by atoms with Crippen molar-refractivity contribution >= 4 is 5.97 Å². The molecule has 0 heterocycles. The molecule has 1 fully saturated rings. The van der Waals surface area contributed by atoms with E-state index >= 15 is 0 Å². The largest absolute Gasteiger partial charge is 0.481 e. The van der Waals surface area contributed by atoms with Crippen molar-refractivity contribution in [3.05, 3.63) is 34.9 Å². The number of benzene rings is 1. The Morgan fingerprint density at radius 3 is 2.61 bits per heavy atom. The van der Waals surface area contributed by atoms with Gasteiger partial charge in [0, 0.05) is 13.1 Å². The Labute approximate surface area is 108 Å². The van der Waals surface area contributed by atoms with Gasteiger partial charge in [-0.15, -0.1) is 0 Å². The van der Waals surface area contributed by atoms with Gasteiger partial charge in [-0.05, 0) is 37.8 Å². The van der Waals surface area contributed by atoms with Crippen molar-refractivity contribution in [3.8, 4) is 0 Å². The van der Waals surface area contributed by atoms with Gasteiger partial charge < -0.3 is 10.4 Å². The molecule has 0 spiro atoms. The van der Waals surface area contributed by atoms with Gasteiger partial charge in [-0.25, -0.2) is 0 Å². The smallest absolute Gasteiger partial charge is 0.310 e. The van der Waals surface area contributed by atoms with Crippen LogP contribution in [0.2, 0.25) is 0 Å². The maximum Gasteiger partial charge on any atom is 0.310 e. The molecule has 98 valence electrons. The number of carbonyl (C=O) groups is 1. The summed E-state index contributed by atoms with van der Waals surface area (Å²) in [6.07, 6.45) is 2.65. The van der Waals surface area contributed by atoms with Gasteiger partial charge in [-0.1, -0.05) is 30.2 Å². The number of aliphatic carboxylic acids is 1. The Morgan fingerprint density at radius 1 is 1.39 bits per heavy atom. The van der Waals surface area contributed by atoms with E-state index in [1.54, 1.807) is 0 Å². The Hall–Kier alpha value is -1.35. The van der Waals surface area contributed by atoms with Crippen LogP contribution in [0.1, 0.15) is 36.0 Å². The lowest BCUT2D eigenvalue weighted by atomic mass is 9.69. The third-order valence-corrected chi connectivity index (χ3v) is 4.04. The summed E-state index contributed by atoms with van der Waals surface area (Å²) in [5, 5.41) is 12.5. The first-order valence-electron chi connectivity index (χ1n) is 6.54. The van der Waals surface area contributed by atoms with Crippen molar-refractivity contribution in [1.29, 1.82) is 0 Å². The molecule has 0 aromatic heterocycles. The molecule has 0 bridgehead atoms. The van der Waals surface area contributed by atoms with Crippen LogP contribution in [-0.2, 0) is 11.3 Å². The molecule has 18 heavy (non-hydrogen) atoms. The Bertz CT molecular complexity index is 450. The number of hydrogen-bond donors (Lipinski definition) is 2. The molecular formula is C15H21NO2. The fourth-order valence-corrected chi connectivity index (χ4v) is 2.55. The standard InChI is InChI=1S/C15H21NO2/c1-11-4-5-13(12(2)8-11)9-16-10-15(14(17)18)6-3-7-15/h4-5,8,16H,3,6-7,9-10H2,1-2H3,(H,17,18). The summed E-state index contributed by atoms with van der Waals surface area (Å²) < 4.78 is 0. The molecule has 0 saturated heterocycles. The van der Waals surface area contributed by atoms with Crippen molar-refractivity contribution < 1.29 is 9.90 Å². The number of aryl methyl sites for hydroxylation is 2. The van der Waals surface area contributed by atoms with Crippen LogP contribution < -0.4 is 5.32 Å². The van der Waals surface area contributed by atoms with Crippen molar-refractivity contribution in [1.82, 2.24) is 5.32 Å². The lowest BCUT2D eigenvalue weighted by Crippen LogP contribution is -2.46. The van der Waals surface area contributed by atoms with Crippen LogP contribution in [0.4, 0.5) is 0 Å². The molecule has 0 amide bonds. The van der Waals surface area contributed by atoms with Gasteiger partial charge in [0.15, 0.2) is 0 Å². The predicted octanol–water partition coefficient (Wildman–Crippen LogP) is 2.65. The van der Waals surface area contributed by atoms with Gasteiger partial charge in [0.05, 0.1) is 5.41 Å². The van der Waals surface area contributed by atoms with Gasteiger partial charge in [-0.3, -0.25) is 4.79 Å². The summed E-state index contributed by atoms with van der Waals surface area (Å²) in [4.78, 5) is 11.2. The molecule has 0 aliphatic heterocycles. The van der Waals surface area contributed by atoms with Crippen LogP contribution in [-0.4, -0.2) is 17.6 Å². The zero-order valence-corrected chi connectivity index (χ0v) is 11.1. The van der Waals surface area contributed by atoms with Crippen molar-refractivity contribution in [3.63, 3.8) is 0 Å². The zero-order chi connectivity index (χ0) is 13.2. The molecule has 2 N–H and O–H groups in total. The first-order chi connectivity index (χ1) is 8.53. The lowest BCUT2D eigenvalue weighted by molar-refractivity contribution is -0.154. The third-order valence-electron chi connectivity index (χ3n) is 4.04. The second kappa shape index (κ2) is 5.11. The summed E-state index contributed by atoms with van der Waals surface area (Å²) in [5.74, 6) is -0.651. The summed E-state index contributed by atoms with van der Waals surface area (Å²) in [5.41, 5.74) is 3.27. The molecule has 3 nitrogen and oxygen atoms in total. The lowest BCUT2D eigenvalue weighted by Gasteiger charge is -2.37. The second-order valence-electron chi connectivity index (χ2n) is 5.47. The van der Waals surface area contributed by atoms with Crippen LogP contribution in [0.5, 0.6) is 0 Å². The molecule has 1 aromatic carbocycles. The highest BCUT2D eigenvalue weighted by Gasteiger charge is 2.43. The van der Waals surface area contributed by atoms with Gasteiger partial charge in [0.1, 0.15) is 0 Å². The number of hydrogen-bond acceptors (Lipinski definition) is 2. The van der Waals surface area contributed by atoms with E-state index in [-0.39, 0.29) is 0 Å².